The largest absolute Gasteiger partial charge is 0.361 e. The number of H-pyrrole nitrogens is 1. The summed E-state index contributed by atoms with van der Waals surface area (Å²) in [4.78, 5) is 15.2. The summed E-state index contributed by atoms with van der Waals surface area (Å²) < 4.78 is 13.6. The van der Waals surface area contributed by atoms with Crippen molar-refractivity contribution in [1.82, 2.24) is 4.98 Å². The topological polar surface area (TPSA) is 44.9 Å². The molecule has 0 spiro atoms. The molecule has 3 nitrogen and oxygen atoms in total. The van der Waals surface area contributed by atoms with Gasteiger partial charge in [0.15, 0.2) is 0 Å². The van der Waals surface area contributed by atoms with Crippen LogP contribution >= 0.6 is 11.6 Å². The predicted molar refractivity (Wildman–Crippen MR) is 82.0 cm³/mol. The molecule has 1 heterocycles. The van der Waals surface area contributed by atoms with E-state index in [2.05, 4.69) is 10.3 Å². The molecule has 2 aromatic carbocycles. The molecule has 0 atom stereocenters. The number of aromatic amines is 1. The van der Waals surface area contributed by atoms with E-state index < -0.39 is 5.82 Å². The van der Waals surface area contributed by atoms with Gasteiger partial charge in [0, 0.05) is 22.1 Å². The second-order valence-electron chi connectivity index (χ2n) is 4.71. The number of carbonyl (C=O) groups is 1. The van der Waals surface area contributed by atoms with Crippen LogP contribution in [0.25, 0.3) is 10.9 Å². The fourth-order valence-electron chi connectivity index (χ4n) is 2.24. The number of benzene rings is 2. The maximum absolute atomic E-state index is 13.6. The highest BCUT2D eigenvalue weighted by Crippen LogP contribution is 2.21. The van der Waals surface area contributed by atoms with E-state index in [9.17, 15) is 9.18 Å². The molecule has 0 saturated heterocycles. The first-order valence-corrected chi connectivity index (χ1v) is 6.81. The molecule has 0 aliphatic heterocycles. The highest BCUT2D eigenvalue weighted by Gasteiger charge is 2.11. The van der Waals surface area contributed by atoms with Crippen molar-refractivity contribution in [3.05, 3.63) is 65.1 Å². The Kier molecular flexibility index (Phi) is 3.62. The molecule has 5 heteroatoms. The van der Waals surface area contributed by atoms with Gasteiger partial charge in [0.1, 0.15) is 5.82 Å². The van der Waals surface area contributed by atoms with E-state index >= 15 is 0 Å². The van der Waals surface area contributed by atoms with Crippen LogP contribution in [0.5, 0.6) is 0 Å². The highest BCUT2D eigenvalue weighted by molar-refractivity contribution is 6.30. The number of fused-ring (bicyclic) bond motifs is 1. The van der Waals surface area contributed by atoms with Crippen molar-refractivity contribution in [2.45, 2.75) is 6.42 Å². The van der Waals surface area contributed by atoms with Crippen LogP contribution in [0.1, 0.15) is 5.56 Å². The van der Waals surface area contributed by atoms with Crippen LogP contribution in [0.3, 0.4) is 0 Å². The van der Waals surface area contributed by atoms with E-state index in [1.807, 2.05) is 24.3 Å². The maximum atomic E-state index is 13.6. The molecule has 21 heavy (non-hydrogen) atoms. The van der Waals surface area contributed by atoms with Crippen LogP contribution in [0.15, 0.2) is 48.7 Å². The Labute approximate surface area is 125 Å². The van der Waals surface area contributed by atoms with E-state index in [4.69, 9.17) is 11.6 Å². The van der Waals surface area contributed by atoms with Crippen LogP contribution < -0.4 is 5.32 Å². The number of carbonyl (C=O) groups excluding carboxylic acids is 1. The molecular weight excluding hydrogens is 291 g/mol. The van der Waals surface area contributed by atoms with E-state index in [1.54, 1.807) is 6.20 Å². The molecule has 0 unspecified atom stereocenters. The van der Waals surface area contributed by atoms with Gasteiger partial charge in [0.2, 0.25) is 5.91 Å². The van der Waals surface area contributed by atoms with Gasteiger partial charge >= 0.3 is 0 Å². The number of amides is 1. The van der Waals surface area contributed by atoms with Gasteiger partial charge in [0.25, 0.3) is 0 Å². The van der Waals surface area contributed by atoms with Gasteiger partial charge in [-0.25, -0.2) is 4.39 Å². The average Bonchev–Trinajstić information content (AvgIpc) is 2.86. The zero-order chi connectivity index (χ0) is 14.8. The Bertz CT molecular complexity index is 813. The Balaban J connectivity index is 1.79. The van der Waals surface area contributed by atoms with Gasteiger partial charge < -0.3 is 10.3 Å². The van der Waals surface area contributed by atoms with Gasteiger partial charge in [-0.2, -0.15) is 0 Å². The van der Waals surface area contributed by atoms with Crippen LogP contribution in [-0.4, -0.2) is 10.9 Å². The first-order valence-electron chi connectivity index (χ1n) is 6.43. The summed E-state index contributed by atoms with van der Waals surface area (Å²) in [6, 6.07) is 11.8. The third-order valence-electron chi connectivity index (χ3n) is 3.23. The number of aromatic nitrogens is 1. The lowest BCUT2D eigenvalue weighted by Gasteiger charge is -2.06. The van der Waals surface area contributed by atoms with E-state index in [0.717, 1.165) is 16.5 Å². The SMILES string of the molecule is O=C(Cc1c[nH]c2ccccc12)Nc1cc(Cl)ccc1F. The second-order valence-corrected chi connectivity index (χ2v) is 5.15. The molecule has 106 valence electrons. The number of rotatable bonds is 3. The predicted octanol–water partition coefficient (Wildman–Crippen LogP) is 4.14. The van der Waals surface area contributed by atoms with Crippen molar-refractivity contribution in [2.75, 3.05) is 5.32 Å². The summed E-state index contributed by atoms with van der Waals surface area (Å²) >= 11 is 5.80. The third-order valence-corrected chi connectivity index (χ3v) is 3.46. The quantitative estimate of drug-likeness (QED) is 0.750. The Morgan fingerprint density at radius 2 is 2.05 bits per heavy atom. The lowest BCUT2D eigenvalue weighted by molar-refractivity contribution is -0.115. The number of hydrogen-bond acceptors (Lipinski definition) is 1. The standard InChI is InChI=1S/C16H12ClFN2O/c17-11-5-6-13(18)15(8-11)20-16(21)7-10-9-19-14-4-2-1-3-12(10)14/h1-6,8-9,19H,7H2,(H,20,21). The molecule has 3 aromatic rings. The van der Waals surface area contributed by atoms with Crippen LogP contribution in [-0.2, 0) is 11.2 Å². The smallest absolute Gasteiger partial charge is 0.228 e. The zero-order valence-corrected chi connectivity index (χ0v) is 11.7. The number of para-hydroxylation sites is 1. The van der Waals surface area contributed by atoms with Gasteiger partial charge in [-0.1, -0.05) is 29.8 Å². The molecule has 0 aliphatic rings. The van der Waals surface area contributed by atoms with Crippen LogP contribution in [0, 0.1) is 5.82 Å². The molecule has 0 radical (unpaired) electrons. The molecule has 1 amide bonds. The minimum Gasteiger partial charge on any atom is -0.361 e. The lowest BCUT2D eigenvalue weighted by Crippen LogP contribution is -2.15. The summed E-state index contributed by atoms with van der Waals surface area (Å²) in [5.41, 5.74) is 1.92. The van der Waals surface area contributed by atoms with Crippen LogP contribution in [0.2, 0.25) is 5.02 Å². The van der Waals surface area contributed by atoms with Gasteiger partial charge in [0.05, 0.1) is 12.1 Å². The summed E-state index contributed by atoms with van der Waals surface area (Å²) in [7, 11) is 0. The van der Waals surface area contributed by atoms with E-state index in [-0.39, 0.29) is 18.0 Å². The van der Waals surface area contributed by atoms with E-state index in [1.165, 1.54) is 18.2 Å². The molecule has 0 fully saturated rings. The minimum atomic E-state index is -0.508. The van der Waals surface area contributed by atoms with Gasteiger partial charge in [-0.05, 0) is 29.8 Å². The average molecular weight is 303 g/mol. The Morgan fingerprint density at radius 3 is 2.90 bits per heavy atom. The second kappa shape index (κ2) is 5.58. The maximum Gasteiger partial charge on any atom is 0.228 e. The Hall–Kier alpha value is -2.33. The Morgan fingerprint density at radius 1 is 1.24 bits per heavy atom. The molecule has 2 N–H and O–H groups in total. The fourth-order valence-corrected chi connectivity index (χ4v) is 2.41. The third kappa shape index (κ3) is 2.90. The summed E-state index contributed by atoms with van der Waals surface area (Å²) in [5.74, 6) is -0.799. The van der Waals surface area contributed by atoms with Gasteiger partial charge in [-0.15, -0.1) is 0 Å². The summed E-state index contributed by atoms with van der Waals surface area (Å²) in [6.45, 7) is 0. The number of halogens is 2. The first-order chi connectivity index (χ1) is 10.1. The van der Waals surface area contributed by atoms with E-state index in [0.29, 0.717) is 5.02 Å². The number of nitrogens with one attached hydrogen (secondary N) is 2. The molecule has 1 aromatic heterocycles. The molecule has 0 saturated carbocycles. The van der Waals surface area contributed by atoms with Crippen molar-refractivity contribution in [1.29, 1.82) is 0 Å². The van der Waals surface area contributed by atoms with Crippen molar-refractivity contribution in [3.63, 3.8) is 0 Å². The number of anilines is 1. The monoisotopic (exact) mass is 302 g/mol. The normalized spacial score (nSPS) is 10.8. The lowest BCUT2D eigenvalue weighted by atomic mass is 10.1. The van der Waals surface area contributed by atoms with Crippen molar-refractivity contribution in [2.24, 2.45) is 0 Å². The number of hydrogen-bond donors (Lipinski definition) is 2. The van der Waals surface area contributed by atoms with Crippen molar-refractivity contribution >= 4 is 34.1 Å². The van der Waals surface area contributed by atoms with Crippen molar-refractivity contribution < 1.29 is 9.18 Å². The highest BCUT2D eigenvalue weighted by atomic mass is 35.5. The molecular formula is C16H12ClFN2O. The van der Waals surface area contributed by atoms with Crippen LogP contribution in [0.4, 0.5) is 10.1 Å². The first kappa shape index (κ1) is 13.6. The fraction of sp³-hybridized carbons (Fsp3) is 0.0625. The molecule has 3 rings (SSSR count). The zero-order valence-electron chi connectivity index (χ0n) is 11.0. The summed E-state index contributed by atoms with van der Waals surface area (Å²) in [6.07, 6.45) is 1.95. The van der Waals surface area contributed by atoms with Crippen molar-refractivity contribution in [3.8, 4) is 0 Å². The minimum absolute atomic E-state index is 0.0901. The molecule has 0 bridgehead atoms. The summed E-state index contributed by atoms with van der Waals surface area (Å²) in [5, 5.41) is 3.90. The molecule has 0 aliphatic carbocycles. The van der Waals surface area contributed by atoms with Gasteiger partial charge in [-0.3, -0.25) is 4.79 Å².